The van der Waals surface area contributed by atoms with Crippen molar-refractivity contribution in [2.45, 2.75) is 50.5 Å². The van der Waals surface area contributed by atoms with Crippen LogP contribution in [0.5, 0.6) is 0 Å². The van der Waals surface area contributed by atoms with Gasteiger partial charge in [-0.3, -0.25) is 4.79 Å². The quantitative estimate of drug-likeness (QED) is 0.611. The van der Waals surface area contributed by atoms with E-state index in [-0.39, 0.29) is 29.3 Å². The fraction of sp³-hybridized carbons (Fsp3) is 0.500. The van der Waals surface area contributed by atoms with E-state index in [0.29, 0.717) is 24.4 Å². The number of carbonyl (C=O) groups excluding carboxylic acids is 1. The Kier molecular flexibility index (Phi) is 7.85. The van der Waals surface area contributed by atoms with Crippen LogP contribution in [0.15, 0.2) is 53.4 Å². The molecule has 1 N–H and O–H groups in total. The van der Waals surface area contributed by atoms with Gasteiger partial charge in [-0.15, -0.1) is 0 Å². The Balaban J connectivity index is 1.36. The van der Waals surface area contributed by atoms with Crippen LogP contribution in [0.25, 0.3) is 0 Å². The van der Waals surface area contributed by atoms with Gasteiger partial charge in [0.2, 0.25) is 15.9 Å². The molecule has 2 aliphatic rings. The lowest BCUT2D eigenvalue weighted by molar-refractivity contribution is -0.126. The first kappa shape index (κ1) is 25.0. The van der Waals surface area contributed by atoms with Gasteiger partial charge in [0, 0.05) is 36.9 Å². The van der Waals surface area contributed by atoms with Crippen LogP contribution in [0.3, 0.4) is 0 Å². The summed E-state index contributed by atoms with van der Waals surface area (Å²) >= 11 is 5.90. The van der Waals surface area contributed by atoms with Gasteiger partial charge in [0.05, 0.1) is 16.9 Å². The average Bonchev–Trinajstić information content (AvgIpc) is 2.85. The minimum Gasteiger partial charge on any atom is -0.372 e. The Bertz CT molecular complexity index is 1080. The third-order valence-corrected chi connectivity index (χ3v) is 9.24. The monoisotopic (exact) mass is 503 g/mol. The second-order valence-electron chi connectivity index (χ2n) is 9.65. The van der Waals surface area contributed by atoms with Crippen molar-refractivity contribution in [2.75, 3.05) is 31.1 Å². The first-order chi connectivity index (χ1) is 16.2. The Labute approximate surface area is 208 Å². The second-order valence-corrected chi connectivity index (χ2v) is 12.0. The largest absolute Gasteiger partial charge is 0.372 e. The van der Waals surface area contributed by atoms with E-state index in [9.17, 15) is 13.2 Å². The first-order valence-corrected chi connectivity index (χ1v) is 14.0. The molecule has 0 unspecified atom stereocenters. The molecular formula is C26H34ClN3O3S. The van der Waals surface area contributed by atoms with Crippen LogP contribution in [-0.2, 0) is 14.8 Å². The molecule has 0 aromatic heterocycles. The molecule has 8 heteroatoms. The molecule has 2 heterocycles. The molecule has 0 spiro atoms. The summed E-state index contributed by atoms with van der Waals surface area (Å²) in [6.07, 6.45) is 3.78. The normalized spacial score (nSPS) is 21.3. The molecule has 4 rings (SSSR count). The molecular weight excluding hydrogens is 470 g/mol. The van der Waals surface area contributed by atoms with Gasteiger partial charge in [-0.1, -0.05) is 30.7 Å². The van der Waals surface area contributed by atoms with Crippen LogP contribution in [0, 0.1) is 11.8 Å². The first-order valence-electron chi connectivity index (χ1n) is 12.1. The molecule has 0 bridgehead atoms. The van der Waals surface area contributed by atoms with E-state index < -0.39 is 10.0 Å². The number of halogens is 1. The molecule has 2 fully saturated rings. The zero-order valence-electron chi connectivity index (χ0n) is 19.9. The lowest BCUT2D eigenvalue weighted by Gasteiger charge is -2.32. The molecule has 0 radical (unpaired) electrons. The maximum Gasteiger partial charge on any atom is 0.243 e. The Morgan fingerprint density at radius 1 is 1.00 bits per heavy atom. The summed E-state index contributed by atoms with van der Waals surface area (Å²) < 4.78 is 27.5. The number of anilines is 1. The van der Waals surface area contributed by atoms with Gasteiger partial charge >= 0.3 is 0 Å². The zero-order chi connectivity index (χ0) is 24.3. The van der Waals surface area contributed by atoms with Crippen LogP contribution in [0.1, 0.15) is 51.1 Å². The number of nitrogens with one attached hydrogen (secondary N) is 1. The molecule has 2 aliphatic heterocycles. The molecule has 6 nitrogen and oxygen atoms in total. The van der Waals surface area contributed by atoms with Gasteiger partial charge in [0.1, 0.15) is 0 Å². The lowest BCUT2D eigenvalue weighted by atomic mass is 9.97. The molecule has 2 aromatic rings. The standard InChI is InChI=1S/C26H34ClN3O3S/c1-19-13-16-29(17-14-19)24-9-5-21(6-10-24)20(2)28-26(31)22-4-3-15-30(18-22)34(32,33)25-11-7-23(27)8-12-25/h5-12,19-20,22H,3-4,13-18H2,1-2H3,(H,28,31)/t20-,22-/m0/s1. The number of piperidine rings is 2. The Morgan fingerprint density at radius 2 is 1.65 bits per heavy atom. The van der Waals surface area contributed by atoms with Crippen molar-refractivity contribution in [1.29, 1.82) is 0 Å². The number of amides is 1. The maximum atomic E-state index is 13.0. The number of hydrogen-bond donors (Lipinski definition) is 1. The maximum absolute atomic E-state index is 13.0. The summed E-state index contributed by atoms with van der Waals surface area (Å²) in [5, 5.41) is 3.59. The van der Waals surface area contributed by atoms with Crippen molar-refractivity contribution in [3.8, 4) is 0 Å². The molecule has 2 saturated heterocycles. The smallest absolute Gasteiger partial charge is 0.243 e. The third-order valence-electron chi connectivity index (χ3n) is 7.11. The summed E-state index contributed by atoms with van der Waals surface area (Å²) in [5.74, 6) is 0.327. The van der Waals surface area contributed by atoms with E-state index in [4.69, 9.17) is 11.6 Å². The molecule has 0 saturated carbocycles. The summed E-state index contributed by atoms with van der Waals surface area (Å²) in [6, 6.07) is 14.4. The summed E-state index contributed by atoms with van der Waals surface area (Å²) in [4.78, 5) is 15.6. The highest BCUT2D eigenvalue weighted by Crippen LogP contribution is 2.27. The number of nitrogens with zero attached hydrogens (tertiary/aromatic N) is 2. The van der Waals surface area contributed by atoms with E-state index >= 15 is 0 Å². The van der Waals surface area contributed by atoms with E-state index in [0.717, 1.165) is 24.6 Å². The topological polar surface area (TPSA) is 69.7 Å². The van der Waals surface area contributed by atoms with Gasteiger partial charge in [0.15, 0.2) is 0 Å². The Morgan fingerprint density at radius 3 is 2.29 bits per heavy atom. The van der Waals surface area contributed by atoms with E-state index in [1.807, 2.05) is 6.92 Å². The second kappa shape index (κ2) is 10.7. The van der Waals surface area contributed by atoms with Gasteiger partial charge in [-0.2, -0.15) is 4.31 Å². The minimum absolute atomic E-state index is 0.0994. The number of hydrogen-bond acceptors (Lipinski definition) is 4. The van der Waals surface area contributed by atoms with E-state index in [2.05, 4.69) is 41.4 Å². The van der Waals surface area contributed by atoms with E-state index in [1.54, 1.807) is 12.1 Å². The fourth-order valence-corrected chi connectivity index (χ4v) is 6.44. The van der Waals surface area contributed by atoms with Crippen molar-refractivity contribution in [1.82, 2.24) is 9.62 Å². The average molecular weight is 504 g/mol. The number of carbonyl (C=O) groups is 1. The Hall–Kier alpha value is -2.09. The predicted molar refractivity (Wildman–Crippen MR) is 137 cm³/mol. The number of benzene rings is 2. The van der Waals surface area contributed by atoms with Gasteiger partial charge < -0.3 is 10.2 Å². The lowest BCUT2D eigenvalue weighted by Crippen LogP contribution is -2.45. The highest BCUT2D eigenvalue weighted by Gasteiger charge is 2.33. The van der Waals surface area contributed by atoms with Crippen LogP contribution in [-0.4, -0.2) is 44.8 Å². The molecule has 2 atom stereocenters. The predicted octanol–water partition coefficient (Wildman–Crippen LogP) is 4.85. The molecule has 34 heavy (non-hydrogen) atoms. The highest BCUT2D eigenvalue weighted by molar-refractivity contribution is 7.89. The van der Waals surface area contributed by atoms with Crippen molar-refractivity contribution in [3.05, 3.63) is 59.1 Å². The van der Waals surface area contributed by atoms with Gasteiger partial charge in [-0.05, 0) is 80.5 Å². The van der Waals surface area contributed by atoms with Crippen molar-refractivity contribution < 1.29 is 13.2 Å². The molecule has 1 amide bonds. The van der Waals surface area contributed by atoms with Crippen molar-refractivity contribution in [2.24, 2.45) is 11.8 Å². The van der Waals surface area contributed by atoms with Crippen LogP contribution in [0.4, 0.5) is 5.69 Å². The van der Waals surface area contributed by atoms with E-state index in [1.165, 1.54) is 35.0 Å². The summed E-state index contributed by atoms with van der Waals surface area (Å²) in [6.45, 7) is 7.06. The summed E-state index contributed by atoms with van der Waals surface area (Å²) in [7, 11) is -3.65. The highest BCUT2D eigenvalue weighted by atomic mass is 35.5. The zero-order valence-corrected chi connectivity index (χ0v) is 21.5. The van der Waals surface area contributed by atoms with Crippen LogP contribution >= 0.6 is 11.6 Å². The van der Waals surface area contributed by atoms with Crippen LogP contribution < -0.4 is 10.2 Å². The fourth-order valence-electron chi connectivity index (χ4n) is 4.79. The van der Waals surface area contributed by atoms with Crippen LogP contribution in [0.2, 0.25) is 5.02 Å². The SMILES string of the molecule is CC1CCN(c2ccc([C@H](C)NC(=O)[C@H]3CCCN(S(=O)(=O)c4ccc(Cl)cc4)C3)cc2)CC1. The van der Waals surface area contributed by atoms with Gasteiger partial charge in [-0.25, -0.2) is 8.42 Å². The number of sulfonamides is 1. The third kappa shape index (κ3) is 5.75. The molecule has 2 aromatic carbocycles. The minimum atomic E-state index is -3.65. The summed E-state index contributed by atoms with van der Waals surface area (Å²) in [5.41, 5.74) is 2.27. The molecule has 0 aliphatic carbocycles. The van der Waals surface area contributed by atoms with Crippen molar-refractivity contribution in [3.63, 3.8) is 0 Å². The number of rotatable bonds is 6. The van der Waals surface area contributed by atoms with Crippen molar-refractivity contribution >= 4 is 33.2 Å². The van der Waals surface area contributed by atoms with Gasteiger partial charge in [0.25, 0.3) is 0 Å². The molecule has 184 valence electrons.